The number of nitriles is 1. The van der Waals surface area contributed by atoms with Gasteiger partial charge in [-0.25, -0.2) is 0 Å². The minimum Gasteiger partial charge on any atom is -0.492 e. The van der Waals surface area contributed by atoms with Crippen LogP contribution in [0.3, 0.4) is 0 Å². The quantitative estimate of drug-likeness (QED) is 0.634. The van der Waals surface area contributed by atoms with E-state index < -0.39 is 0 Å². The van der Waals surface area contributed by atoms with E-state index in [9.17, 15) is 0 Å². The molecule has 0 aliphatic rings. The van der Waals surface area contributed by atoms with Gasteiger partial charge in [0.1, 0.15) is 18.4 Å². The highest BCUT2D eigenvalue weighted by Crippen LogP contribution is 2.16. The van der Waals surface area contributed by atoms with Crippen molar-refractivity contribution in [3.05, 3.63) is 54.1 Å². The van der Waals surface area contributed by atoms with Crippen LogP contribution in [0.25, 0.3) is 0 Å². The summed E-state index contributed by atoms with van der Waals surface area (Å²) in [5.74, 6) is 0.847. The molecule has 0 bridgehead atoms. The Kier molecular flexibility index (Phi) is 4.25. The number of nitrogens with two attached hydrogens (primary N) is 1. The molecular weight excluding hydrogens is 238 g/mol. The van der Waals surface area contributed by atoms with Gasteiger partial charge in [-0.15, -0.1) is 0 Å². The van der Waals surface area contributed by atoms with Gasteiger partial charge in [-0.1, -0.05) is 18.2 Å². The van der Waals surface area contributed by atoms with E-state index in [1.807, 2.05) is 36.4 Å². The zero-order valence-corrected chi connectivity index (χ0v) is 10.5. The molecule has 0 aromatic heterocycles. The third-order valence-corrected chi connectivity index (χ3v) is 2.62. The highest BCUT2D eigenvalue weighted by Gasteiger charge is 1.99. The molecule has 2 aromatic rings. The number of hydrogen-bond acceptors (Lipinski definition) is 4. The van der Waals surface area contributed by atoms with Crippen LogP contribution in [0.5, 0.6) is 5.75 Å². The lowest BCUT2D eigenvalue weighted by Gasteiger charge is -2.09. The molecule has 19 heavy (non-hydrogen) atoms. The molecule has 0 saturated carbocycles. The van der Waals surface area contributed by atoms with E-state index in [2.05, 4.69) is 11.4 Å². The molecular formula is C15H15N3O. The van der Waals surface area contributed by atoms with Crippen LogP contribution in [0.2, 0.25) is 0 Å². The van der Waals surface area contributed by atoms with Gasteiger partial charge in [0.15, 0.2) is 0 Å². The lowest BCUT2D eigenvalue weighted by Crippen LogP contribution is -2.11. The number of nitrogens with one attached hydrogen (secondary N) is 1. The van der Waals surface area contributed by atoms with Crippen molar-refractivity contribution < 1.29 is 4.74 Å². The normalized spacial score (nSPS) is 9.63. The second-order valence-corrected chi connectivity index (χ2v) is 4.00. The molecule has 3 N–H and O–H groups in total. The van der Waals surface area contributed by atoms with Crippen molar-refractivity contribution in [3.8, 4) is 11.8 Å². The highest BCUT2D eigenvalue weighted by molar-refractivity contribution is 5.61. The molecule has 0 unspecified atom stereocenters. The zero-order valence-electron chi connectivity index (χ0n) is 10.5. The van der Waals surface area contributed by atoms with Crippen LogP contribution in [-0.2, 0) is 0 Å². The van der Waals surface area contributed by atoms with Crippen LogP contribution in [0.1, 0.15) is 5.56 Å². The average Bonchev–Trinajstić information content (AvgIpc) is 2.46. The topological polar surface area (TPSA) is 71.1 Å². The second kappa shape index (κ2) is 6.31. The Morgan fingerprint density at radius 1 is 1.16 bits per heavy atom. The van der Waals surface area contributed by atoms with E-state index in [1.165, 1.54) is 0 Å². The van der Waals surface area contributed by atoms with Crippen molar-refractivity contribution in [2.24, 2.45) is 0 Å². The summed E-state index contributed by atoms with van der Waals surface area (Å²) in [6.45, 7) is 1.21. The lowest BCUT2D eigenvalue weighted by molar-refractivity contribution is 0.333. The van der Waals surface area contributed by atoms with Gasteiger partial charge in [0.2, 0.25) is 0 Å². The SMILES string of the molecule is N#Cc1cc(NCCOc2ccccc2)ccc1N. The molecule has 0 heterocycles. The van der Waals surface area contributed by atoms with Crippen LogP contribution in [0.4, 0.5) is 11.4 Å². The predicted octanol–water partition coefficient (Wildman–Crippen LogP) is 2.63. The molecule has 4 heteroatoms. The summed E-state index contributed by atoms with van der Waals surface area (Å²) in [5, 5.41) is 12.1. The fraction of sp³-hybridized carbons (Fsp3) is 0.133. The second-order valence-electron chi connectivity index (χ2n) is 4.00. The first-order valence-electron chi connectivity index (χ1n) is 6.01. The van der Waals surface area contributed by atoms with Gasteiger partial charge in [0.25, 0.3) is 0 Å². The fourth-order valence-electron chi connectivity index (χ4n) is 1.64. The molecule has 2 aromatic carbocycles. The molecule has 4 nitrogen and oxygen atoms in total. The molecule has 2 rings (SSSR count). The number of anilines is 2. The third-order valence-electron chi connectivity index (χ3n) is 2.62. The molecule has 0 aliphatic heterocycles. The number of ether oxygens (including phenoxy) is 1. The highest BCUT2D eigenvalue weighted by atomic mass is 16.5. The summed E-state index contributed by atoms with van der Waals surface area (Å²) in [6.07, 6.45) is 0. The predicted molar refractivity (Wildman–Crippen MR) is 76.0 cm³/mol. The van der Waals surface area contributed by atoms with E-state index in [-0.39, 0.29) is 0 Å². The molecule has 0 amide bonds. The van der Waals surface area contributed by atoms with Gasteiger partial charge in [-0.2, -0.15) is 5.26 Å². The van der Waals surface area contributed by atoms with Crippen molar-refractivity contribution in [2.75, 3.05) is 24.2 Å². The fourth-order valence-corrected chi connectivity index (χ4v) is 1.64. The molecule has 0 radical (unpaired) electrons. The first kappa shape index (κ1) is 12.8. The van der Waals surface area contributed by atoms with Gasteiger partial charge in [0.05, 0.1) is 5.56 Å². The van der Waals surface area contributed by atoms with Crippen molar-refractivity contribution in [3.63, 3.8) is 0 Å². The summed E-state index contributed by atoms with van der Waals surface area (Å²) >= 11 is 0. The molecule has 96 valence electrons. The number of benzene rings is 2. The van der Waals surface area contributed by atoms with Crippen LogP contribution in [0, 0.1) is 11.3 Å². The van der Waals surface area contributed by atoms with Crippen LogP contribution < -0.4 is 15.8 Å². The van der Waals surface area contributed by atoms with E-state index in [1.54, 1.807) is 12.1 Å². The summed E-state index contributed by atoms with van der Waals surface area (Å²) in [4.78, 5) is 0. The maximum atomic E-state index is 8.88. The molecule has 0 aliphatic carbocycles. The summed E-state index contributed by atoms with van der Waals surface area (Å²) < 4.78 is 5.56. The number of para-hydroxylation sites is 1. The van der Waals surface area contributed by atoms with Gasteiger partial charge < -0.3 is 15.8 Å². The van der Waals surface area contributed by atoms with Crippen LogP contribution in [0.15, 0.2) is 48.5 Å². The average molecular weight is 253 g/mol. The third kappa shape index (κ3) is 3.65. The van der Waals surface area contributed by atoms with Crippen molar-refractivity contribution in [1.29, 1.82) is 5.26 Å². The van der Waals surface area contributed by atoms with Crippen LogP contribution in [-0.4, -0.2) is 13.2 Å². The Bertz CT molecular complexity index is 576. The van der Waals surface area contributed by atoms with Gasteiger partial charge in [0, 0.05) is 17.9 Å². The van der Waals surface area contributed by atoms with E-state index in [0.29, 0.717) is 24.4 Å². The Morgan fingerprint density at radius 3 is 2.68 bits per heavy atom. The maximum Gasteiger partial charge on any atom is 0.119 e. The number of rotatable bonds is 5. The Labute approximate surface area is 112 Å². The molecule has 0 fully saturated rings. The molecule has 0 spiro atoms. The van der Waals surface area contributed by atoms with E-state index >= 15 is 0 Å². The summed E-state index contributed by atoms with van der Waals surface area (Å²) in [6, 6.07) is 17.0. The molecule has 0 atom stereocenters. The minimum atomic E-state index is 0.481. The van der Waals surface area contributed by atoms with Crippen molar-refractivity contribution >= 4 is 11.4 Å². The van der Waals surface area contributed by atoms with Gasteiger partial charge >= 0.3 is 0 Å². The van der Waals surface area contributed by atoms with Crippen LogP contribution >= 0.6 is 0 Å². The largest absolute Gasteiger partial charge is 0.492 e. The molecule has 0 saturated heterocycles. The maximum absolute atomic E-state index is 8.88. The number of nitrogen functional groups attached to an aromatic ring is 1. The lowest BCUT2D eigenvalue weighted by atomic mass is 10.2. The standard InChI is InChI=1S/C15H15N3O/c16-11-12-10-13(6-7-15(12)17)18-8-9-19-14-4-2-1-3-5-14/h1-7,10,18H,8-9,17H2. The first-order valence-corrected chi connectivity index (χ1v) is 6.01. The van der Waals surface area contributed by atoms with E-state index in [4.69, 9.17) is 15.7 Å². The van der Waals surface area contributed by atoms with Crippen molar-refractivity contribution in [2.45, 2.75) is 0 Å². The van der Waals surface area contributed by atoms with Gasteiger partial charge in [-0.05, 0) is 30.3 Å². The van der Waals surface area contributed by atoms with E-state index in [0.717, 1.165) is 11.4 Å². The Balaban J connectivity index is 1.82. The summed E-state index contributed by atoms with van der Waals surface area (Å²) in [7, 11) is 0. The minimum absolute atomic E-state index is 0.481. The Morgan fingerprint density at radius 2 is 1.95 bits per heavy atom. The van der Waals surface area contributed by atoms with Crippen molar-refractivity contribution in [1.82, 2.24) is 0 Å². The number of hydrogen-bond donors (Lipinski definition) is 2. The smallest absolute Gasteiger partial charge is 0.119 e. The van der Waals surface area contributed by atoms with Gasteiger partial charge in [-0.3, -0.25) is 0 Å². The number of nitrogens with zero attached hydrogens (tertiary/aromatic N) is 1. The zero-order chi connectivity index (χ0) is 13.5. The Hall–Kier alpha value is -2.67. The monoisotopic (exact) mass is 253 g/mol. The summed E-state index contributed by atoms with van der Waals surface area (Å²) in [5.41, 5.74) is 7.49. The first-order chi connectivity index (χ1) is 9.29.